The van der Waals surface area contributed by atoms with Crippen LogP contribution < -0.4 is 4.74 Å². The quantitative estimate of drug-likeness (QED) is 0.175. The molecule has 0 saturated heterocycles. The second kappa shape index (κ2) is 12.0. The monoisotopic (exact) mass is 771 g/mol. The molecule has 4 nitrogen and oxygen atoms in total. The van der Waals surface area contributed by atoms with Gasteiger partial charge in [0.05, 0.1) is 5.41 Å². The van der Waals surface area contributed by atoms with Crippen LogP contribution in [0.3, 0.4) is 0 Å². The van der Waals surface area contributed by atoms with Gasteiger partial charge in [0.15, 0.2) is 11.6 Å². The molecule has 4 fully saturated rings. The summed E-state index contributed by atoms with van der Waals surface area (Å²) in [5.41, 5.74) is 13.8. The Morgan fingerprint density at radius 3 is 1.60 bits per heavy atom. The Bertz CT molecular complexity index is 3040. The molecule has 4 heteroatoms. The number of nitrogens with zero attached hydrogens (tertiary/aromatic N) is 3. The number of hydrogen-bond donors (Lipinski definition) is 0. The van der Waals surface area contributed by atoms with Gasteiger partial charge in [-0.25, -0.2) is 15.0 Å². The van der Waals surface area contributed by atoms with Crippen molar-refractivity contribution < 1.29 is 4.74 Å². The van der Waals surface area contributed by atoms with Gasteiger partial charge in [-0.2, -0.15) is 0 Å². The topological polar surface area (TPSA) is 47.9 Å². The molecule has 3 atom stereocenters. The second-order valence-corrected chi connectivity index (χ2v) is 18.4. The third-order valence-corrected chi connectivity index (χ3v) is 15.7. The molecule has 60 heavy (non-hydrogen) atoms. The highest BCUT2D eigenvalue weighted by atomic mass is 16.5. The maximum Gasteiger partial charge on any atom is 0.163 e. The molecule has 0 N–H and O–H groups in total. The molecule has 1 spiro atoms. The van der Waals surface area contributed by atoms with Gasteiger partial charge in [0.1, 0.15) is 17.3 Å². The van der Waals surface area contributed by atoms with Crippen molar-refractivity contribution in [1.82, 2.24) is 15.0 Å². The molecule has 4 saturated carbocycles. The lowest BCUT2D eigenvalue weighted by molar-refractivity contribution is 0.102. The molecule has 286 valence electrons. The number of fused-ring (bicyclic) bond motifs is 9. The molecule has 5 aliphatic carbocycles. The average Bonchev–Trinajstić information content (AvgIpc) is 4.11. The minimum absolute atomic E-state index is 0.0713. The molecule has 0 amide bonds. The molecule has 0 radical (unpaired) electrons. The minimum atomic E-state index is -0.517. The van der Waals surface area contributed by atoms with E-state index in [1.54, 1.807) is 0 Å². The smallest absolute Gasteiger partial charge is 0.163 e. The van der Waals surface area contributed by atoms with E-state index < -0.39 is 5.41 Å². The van der Waals surface area contributed by atoms with E-state index in [2.05, 4.69) is 170 Å². The van der Waals surface area contributed by atoms with Crippen molar-refractivity contribution >= 4 is 0 Å². The van der Waals surface area contributed by atoms with Crippen LogP contribution in [0, 0.1) is 29.6 Å². The minimum Gasteiger partial charge on any atom is -0.457 e. The zero-order valence-corrected chi connectivity index (χ0v) is 33.1. The summed E-state index contributed by atoms with van der Waals surface area (Å²) in [4.78, 5) is 16.4. The molecule has 1 aromatic heterocycles. The van der Waals surface area contributed by atoms with Gasteiger partial charge < -0.3 is 4.74 Å². The van der Waals surface area contributed by atoms with Crippen LogP contribution in [-0.4, -0.2) is 15.0 Å². The summed E-state index contributed by atoms with van der Waals surface area (Å²) in [6, 6.07) is 61.5. The fourth-order valence-corrected chi connectivity index (χ4v) is 13.8. The molecule has 7 aromatic carbocycles. The van der Waals surface area contributed by atoms with Gasteiger partial charge in [0, 0.05) is 27.7 Å². The predicted octanol–water partition coefficient (Wildman–Crippen LogP) is 12.9. The van der Waals surface area contributed by atoms with Gasteiger partial charge in [-0.1, -0.05) is 140 Å². The first-order valence-electron chi connectivity index (χ1n) is 21.8. The fourth-order valence-electron chi connectivity index (χ4n) is 13.8. The van der Waals surface area contributed by atoms with Crippen LogP contribution in [0.25, 0.3) is 56.2 Å². The lowest BCUT2D eigenvalue weighted by Crippen LogP contribution is -2.41. The van der Waals surface area contributed by atoms with Crippen molar-refractivity contribution in [2.24, 2.45) is 29.6 Å². The number of hydrogen-bond acceptors (Lipinski definition) is 4. The molecule has 1 aliphatic heterocycles. The Labute approximate surface area is 350 Å². The van der Waals surface area contributed by atoms with Crippen LogP contribution in [0.4, 0.5) is 0 Å². The molecule has 3 unspecified atom stereocenters. The summed E-state index contributed by atoms with van der Waals surface area (Å²) in [5, 5.41) is 0. The molecule has 2 heterocycles. The highest BCUT2D eigenvalue weighted by Gasteiger charge is 2.73. The molecule has 8 aromatic rings. The zero-order valence-electron chi connectivity index (χ0n) is 33.1. The van der Waals surface area contributed by atoms with Gasteiger partial charge in [-0.3, -0.25) is 0 Å². The number of aromatic nitrogens is 3. The third kappa shape index (κ3) is 4.33. The summed E-state index contributed by atoms with van der Waals surface area (Å²) in [6.45, 7) is 0. The highest BCUT2D eigenvalue weighted by molar-refractivity contribution is 5.90. The first kappa shape index (κ1) is 33.2. The van der Waals surface area contributed by atoms with Gasteiger partial charge >= 0.3 is 0 Å². The molecule has 6 aliphatic rings. The summed E-state index contributed by atoms with van der Waals surface area (Å²) in [5.74, 6) is 8.50. The van der Waals surface area contributed by atoms with Gasteiger partial charge in [0.2, 0.25) is 0 Å². The van der Waals surface area contributed by atoms with E-state index in [1.165, 1.54) is 75.8 Å². The molecular formula is C56H41N3O. The normalized spacial score (nSPS) is 24.9. The van der Waals surface area contributed by atoms with E-state index in [9.17, 15) is 0 Å². The van der Waals surface area contributed by atoms with Crippen molar-refractivity contribution in [3.63, 3.8) is 0 Å². The Morgan fingerprint density at radius 1 is 0.417 bits per heavy atom. The fraction of sp³-hybridized carbons (Fsp3) is 0.196. The number of para-hydroxylation sites is 2. The Kier molecular flexibility index (Phi) is 6.63. The van der Waals surface area contributed by atoms with Crippen LogP contribution in [0.2, 0.25) is 0 Å². The van der Waals surface area contributed by atoms with Crippen molar-refractivity contribution in [1.29, 1.82) is 0 Å². The van der Waals surface area contributed by atoms with E-state index in [-0.39, 0.29) is 5.41 Å². The van der Waals surface area contributed by atoms with Crippen molar-refractivity contribution in [2.45, 2.75) is 36.5 Å². The van der Waals surface area contributed by atoms with Crippen LogP contribution in [0.15, 0.2) is 170 Å². The summed E-state index contributed by atoms with van der Waals surface area (Å²) in [7, 11) is 0. The van der Waals surface area contributed by atoms with Gasteiger partial charge in [-0.15, -0.1) is 0 Å². The first-order chi connectivity index (χ1) is 29.7. The highest BCUT2D eigenvalue weighted by Crippen LogP contribution is 2.78. The largest absolute Gasteiger partial charge is 0.457 e. The Hall–Kier alpha value is -6.65. The maximum absolute atomic E-state index is 6.61. The van der Waals surface area contributed by atoms with Crippen LogP contribution in [-0.2, 0) is 10.8 Å². The van der Waals surface area contributed by atoms with E-state index in [1.807, 2.05) is 0 Å². The number of benzene rings is 7. The predicted molar refractivity (Wildman–Crippen MR) is 237 cm³/mol. The van der Waals surface area contributed by atoms with E-state index in [0.717, 1.165) is 75.3 Å². The SMILES string of the molecule is c1ccc(-c2cccc(-c3nc(-c4cccc(-c5ccc6c(c5)C5(c7ccccc7Oc7ccccc75)c5ccccc5-6)c4)nc(C45CC6CC7CC(C4)C6C75)n3)c2)cc1. The Morgan fingerprint density at radius 2 is 0.950 bits per heavy atom. The van der Waals surface area contributed by atoms with E-state index in [0.29, 0.717) is 0 Å². The summed E-state index contributed by atoms with van der Waals surface area (Å²) < 4.78 is 6.61. The van der Waals surface area contributed by atoms with Gasteiger partial charge in [0.25, 0.3) is 0 Å². The molecular weight excluding hydrogens is 731 g/mol. The van der Waals surface area contributed by atoms with E-state index >= 15 is 0 Å². The summed E-state index contributed by atoms with van der Waals surface area (Å²) >= 11 is 0. The van der Waals surface area contributed by atoms with Crippen LogP contribution >= 0.6 is 0 Å². The van der Waals surface area contributed by atoms with E-state index in [4.69, 9.17) is 19.7 Å². The maximum atomic E-state index is 6.61. The first-order valence-corrected chi connectivity index (χ1v) is 21.8. The van der Waals surface area contributed by atoms with Crippen LogP contribution in [0.5, 0.6) is 11.5 Å². The van der Waals surface area contributed by atoms with Crippen molar-refractivity contribution in [2.75, 3.05) is 0 Å². The third-order valence-electron chi connectivity index (χ3n) is 15.7. The van der Waals surface area contributed by atoms with Crippen molar-refractivity contribution in [3.05, 3.63) is 198 Å². The second-order valence-electron chi connectivity index (χ2n) is 18.4. The van der Waals surface area contributed by atoms with Crippen LogP contribution in [0.1, 0.15) is 53.8 Å². The number of rotatable bonds is 5. The van der Waals surface area contributed by atoms with Gasteiger partial charge in [-0.05, 0) is 130 Å². The van der Waals surface area contributed by atoms with Crippen molar-refractivity contribution in [3.8, 4) is 67.7 Å². The average molecular weight is 772 g/mol. The standard InChI is InChI=1S/C56H41N3O/c1-2-12-33(13-3-1)34-14-10-16-37(26-34)52-57-53(59-54(58-52)55-31-40-28-39-29-41(32-55)50(40)51(39)55)38-17-11-15-35(27-38)36-24-25-43-42-18-4-5-19-44(42)56(47(43)30-36)45-20-6-8-22-48(45)60-49-23-9-7-21-46(49)56/h1-27,30,39-41,50-51H,28-29,31-32H2. The summed E-state index contributed by atoms with van der Waals surface area (Å²) in [6.07, 6.45) is 5.30. The molecule has 6 bridgehead atoms. The molecule has 14 rings (SSSR count). The zero-order chi connectivity index (χ0) is 39.2. The number of ether oxygens (including phenoxy) is 1. The Balaban J connectivity index is 0.932. The lowest BCUT2D eigenvalue weighted by atomic mass is 9.60. The lowest BCUT2D eigenvalue weighted by Gasteiger charge is -2.44.